The maximum atomic E-state index is 4.47. The van der Waals surface area contributed by atoms with Gasteiger partial charge in [-0.1, -0.05) is 30.8 Å². The fourth-order valence-corrected chi connectivity index (χ4v) is 3.24. The van der Waals surface area contributed by atoms with E-state index >= 15 is 0 Å². The first-order valence-corrected chi connectivity index (χ1v) is 8.39. The molecular weight excluding hydrogens is 286 g/mol. The Morgan fingerprint density at radius 1 is 1.20 bits per heavy atom. The molecule has 1 N–H and O–H groups in total. The maximum absolute atomic E-state index is 4.47. The van der Waals surface area contributed by atoms with Crippen molar-refractivity contribution in [1.29, 1.82) is 0 Å². The van der Waals surface area contributed by atoms with Gasteiger partial charge in [-0.3, -0.25) is 0 Å². The summed E-state index contributed by atoms with van der Waals surface area (Å²) in [5.41, 5.74) is 1.45. The summed E-state index contributed by atoms with van der Waals surface area (Å²) in [6.45, 7) is 9.51. The van der Waals surface area contributed by atoms with Crippen LogP contribution in [0.25, 0.3) is 0 Å². The van der Waals surface area contributed by atoms with Gasteiger partial charge in [0.05, 0.1) is 0 Å². The average molecular weight is 307 g/mol. The topological polar surface area (TPSA) is 37.8 Å². The van der Waals surface area contributed by atoms with Gasteiger partial charge in [0.2, 0.25) is 0 Å². The third-order valence-electron chi connectivity index (χ3n) is 2.72. The molecule has 3 nitrogen and oxygen atoms in total. The highest BCUT2D eigenvalue weighted by atomic mass is 32.2. The summed E-state index contributed by atoms with van der Waals surface area (Å²) in [5.74, 6) is 0.934. The Balaban J connectivity index is 1.94. The van der Waals surface area contributed by atoms with Crippen LogP contribution in [0.2, 0.25) is 0 Å². The van der Waals surface area contributed by atoms with E-state index in [1.54, 1.807) is 11.8 Å². The molecule has 0 radical (unpaired) electrons. The van der Waals surface area contributed by atoms with Gasteiger partial charge in [-0.05, 0) is 50.0 Å². The molecular formula is C15H21N3S2. The molecule has 0 saturated heterocycles. The van der Waals surface area contributed by atoms with Gasteiger partial charge in [-0.2, -0.15) is 4.37 Å². The molecule has 1 aromatic carbocycles. The first-order valence-electron chi connectivity index (χ1n) is 6.80. The van der Waals surface area contributed by atoms with E-state index in [1.165, 1.54) is 22.0 Å². The third-order valence-corrected chi connectivity index (χ3v) is 4.51. The second-order valence-corrected chi connectivity index (χ2v) is 7.75. The van der Waals surface area contributed by atoms with Crippen LogP contribution >= 0.6 is 23.3 Å². The molecule has 2 rings (SSSR count). The highest BCUT2D eigenvalue weighted by Crippen LogP contribution is 2.29. The summed E-state index contributed by atoms with van der Waals surface area (Å²) in [6.07, 6.45) is 0.897. The van der Waals surface area contributed by atoms with Crippen molar-refractivity contribution in [2.75, 3.05) is 0 Å². The minimum atomic E-state index is 0.149. The number of aryl methyl sites for hydroxylation is 1. The molecule has 20 heavy (non-hydrogen) atoms. The van der Waals surface area contributed by atoms with E-state index in [-0.39, 0.29) is 5.54 Å². The lowest BCUT2D eigenvalue weighted by atomic mass is 10.1. The molecule has 0 bridgehead atoms. The van der Waals surface area contributed by atoms with E-state index < -0.39 is 0 Å². The molecule has 1 heterocycles. The third kappa shape index (κ3) is 4.89. The van der Waals surface area contributed by atoms with Gasteiger partial charge in [0, 0.05) is 23.4 Å². The molecule has 0 spiro atoms. The van der Waals surface area contributed by atoms with Crippen LogP contribution in [-0.4, -0.2) is 14.9 Å². The highest BCUT2D eigenvalue weighted by molar-refractivity contribution is 8.01. The largest absolute Gasteiger partial charge is 0.308 e. The van der Waals surface area contributed by atoms with E-state index in [0.717, 1.165) is 23.1 Å². The van der Waals surface area contributed by atoms with Crippen LogP contribution < -0.4 is 5.32 Å². The van der Waals surface area contributed by atoms with Crippen molar-refractivity contribution in [1.82, 2.24) is 14.7 Å². The van der Waals surface area contributed by atoms with Gasteiger partial charge in [0.25, 0.3) is 0 Å². The summed E-state index contributed by atoms with van der Waals surface area (Å²) >= 11 is 3.16. The maximum Gasteiger partial charge on any atom is 0.174 e. The number of aromatic nitrogens is 2. The quantitative estimate of drug-likeness (QED) is 0.901. The van der Waals surface area contributed by atoms with Gasteiger partial charge >= 0.3 is 0 Å². The van der Waals surface area contributed by atoms with E-state index in [2.05, 4.69) is 66.6 Å². The zero-order valence-corrected chi connectivity index (χ0v) is 14.1. The first kappa shape index (κ1) is 15.5. The van der Waals surface area contributed by atoms with Crippen molar-refractivity contribution in [3.05, 3.63) is 35.7 Å². The molecule has 1 aromatic heterocycles. The molecule has 0 unspecified atom stereocenters. The normalized spacial score (nSPS) is 11.8. The Kier molecular flexibility index (Phi) is 5.18. The SMILES string of the molecule is CCc1nsc(Sc2ccc(CNC(C)(C)C)cc2)n1. The number of hydrogen-bond acceptors (Lipinski definition) is 5. The van der Waals surface area contributed by atoms with Crippen molar-refractivity contribution in [2.24, 2.45) is 0 Å². The number of rotatable bonds is 5. The molecule has 0 atom stereocenters. The average Bonchev–Trinajstić information content (AvgIpc) is 2.85. The first-order chi connectivity index (χ1) is 9.46. The summed E-state index contributed by atoms with van der Waals surface area (Å²) in [6, 6.07) is 8.64. The van der Waals surface area contributed by atoms with Gasteiger partial charge in [0.1, 0.15) is 5.82 Å². The van der Waals surface area contributed by atoms with Gasteiger partial charge in [-0.15, -0.1) is 0 Å². The van der Waals surface area contributed by atoms with Crippen LogP contribution in [0.1, 0.15) is 39.1 Å². The molecule has 0 saturated carbocycles. The smallest absolute Gasteiger partial charge is 0.174 e. The summed E-state index contributed by atoms with van der Waals surface area (Å²) in [7, 11) is 0. The van der Waals surface area contributed by atoms with Crippen LogP contribution in [-0.2, 0) is 13.0 Å². The van der Waals surface area contributed by atoms with E-state index in [0.29, 0.717) is 0 Å². The van der Waals surface area contributed by atoms with Gasteiger partial charge in [-0.25, -0.2) is 4.98 Å². The van der Waals surface area contributed by atoms with Gasteiger partial charge in [0.15, 0.2) is 4.34 Å². The number of nitrogens with one attached hydrogen (secondary N) is 1. The zero-order valence-electron chi connectivity index (χ0n) is 12.4. The minimum Gasteiger partial charge on any atom is -0.308 e. The molecule has 108 valence electrons. The zero-order chi connectivity index (χ0) is 14.6. The minimum absolute atomic E-state index is 0.149. The van der Waals surface area contributed by atoms with E-state index in [9.17, 15) is 0 Å². The Labute approximate surface area is 129 Å². The predicted octanol–water partition coefficient (Wildman–Crippen LogP) is 4.14. The second-order valence-electron chi connectivity index (χ2n) is 5.68. The van der Waals surface area contributed by atoms with Crippen LogP contribution in [0.4, 0.5) is 0 Å². The molecule has 0 aliphatic rings. The lowest BCUT2D eigenvalue weighted by molar-refractivity contribution is 0.424. The van der Waals surface area contributed by atoms with E-state index in [1.807, 2.05) is 0 Å². The molecule has 0 fully saturated rings. The second kappa shape index (κ2) is 6.70. The van der Waals surface area contributed by atoms with Crippen molar-refractivity contribution >= 4 is 23.3 Å². The molecule has 2 aromatic rings. The summed E-state index contributed by atoms with van der Waals surface area (Å²) < 4.78 is 5.32. The number of benzene rings is 1. The van der Waals surface area contributed by atoms with Crippen molar-refractivity contribution in [2.45, 2.75) is 55.4 Å². The molecule has 0 aliphatic heterocycles. The lowest BCUT2D eigenvalue weighted by Gasteiger charge is -2.20. The van der Waals surface area contributed by atoms with Crippen molar-refractivity contribution < 1.29 is 0 Å². The highest BCUT2D eigenvalue weighted by Gasteiger charge is 2.08. The molecule has 5 heteroatoms. The van der Waals surface area contributed by atoms with Crippen LogP contribution in [0, 0.1) is 0 Å². The fraction of sp³-hybridized carbons (Fsp3) is 0.467. The van der Waals surface area contributed by atoms with E-state index in [4.69, 9.17) is 0 Å². The number of hydrogen-bond donors (Lipinski definition) is 1. The van der Waals surface area contributed by atoms with Crippen LogP contribution in [0.3, 0.4) is 0 Å². The van der Waals surface area contributed by atoms with Crippen LogP contribution in [0.5, 0.6) is 0 Å². The standard InChI is InChI=1S/C15H21N3S2/c1-5-13-17-14(20-18-13)19-12-8-6-11(7-9-12)10-16-15(2,3)4/h6-9,16H,5,10H2,1-4H3. The fourth-order valence-electron chi connectivity index (χ4n) is 1.57. The Morgan fingerprint density at radius 2 is 1.90 bits per heavy atom. The number of nitrogens with zero attached hydrogens (tertiary/aromatic N) is 2. The predicted molar refractivity (Wildman–Crippen MR) is 86.4 cm³/mol. The lowest BCUT2D eigenvalue weighted by Crippen LogP contribution is -2.35. The van der Waals surface area contributed by atoms with Crippen molar-refractivity contribution in [3.63, 3.8) is 0 Å². The van der Waals surface area contributed by atoms with Crippen molar-refractivity contribution in [3.8, 4) is 0 Å². The summed E-state index contributed by atoms with van der Waals surface area (Å²) in [5, 5.41) is 3.49. The Morgan fingerprint density at radius 3 is 2.45 bits per heavy atom. The monoisotopic (exact) mass is 307 g/mol. The molecule has 0 aliphatic carbocycles. The van der Waals surface area contributed by atoms with Gasteiger partial charge < -0.3 is 5.32 Å². The Bertz CT molecular complexity index is 541. The summed E-state index contributed by atoms with van der Waals surface area (Å²) in [4.78, 5) is 5.68. The molecule has 0 amide bonds. The van der Waals surface area contributed by atoms with Crippen LogP contribution in [0.15, 0.2) is 33.5 Å². The Hall–Kier alpha value is -0.910.